The molecule has 0 saturated heterocycles. The molecule has 0 aliphatic carbocycles. The summed E-state index contributed by atoms with van der Waals surface area (Å²) in [6.07, 6.45) is 7.86. The molecule has 0 saturated carbocycles. The van der Waals surface area contributed by atoms with Crippen molar-refractivity contribution in [3.8, 4) is 0 Å². The SMILES string of the molecule is CCC1(C=CCCO)CSc2ccccc2C=N1. The Morgan fingerprint density at radius 2 is 2.28 bits per heavy atom. The molecule has 1 N–H and O–H groups in total. The zero-order valence-corrected chi connectivity index (χ0v) is 11.5. The summed E-state index contributed by atoms with van der Waals surface area (Å²) in [6.45, 7) is 2.37. The fourth-order valence-corrected chi connectivity index (χ4v) is 3.18. The van der Waals surface area contributed by atoms with Crippen molar-refractivity contribution in [2.75, 3.05) is 12.4 Å². The van der Waals surface area contributed by atoms with Crippen LogP contribution in [0.2, 0.25) is 0 Å². The van der Waals surface area contributed by atoms with Crippen LogP contribution < -0.4 is 0 Å². The number of benzene rings is 1. The molecule has 2 nitrogen and oxygen atoms in total. The van der Waals surface area contributed by atoms with Crippen LogP contribution in [0.25, 0.3) is 0 Å². The topological polar surface area (TPSA) is 32.6 Å². The van der Waals surface area contributed by atoms with E-state index < -0.39 is 0 Å². The summed E-state index contributed by atoms with van der Waals surface area (Å²) in [5, 5.41) is 8.86. The first-order valence-corrected chi connectivity index (χ1v) is 7.34. The number of aliphatic hydroxyl groups is 1. The number of thioether (sulfide) groups is 1. The first-order valence-electron chi connectivity index (χ1n) is 6.35. The lowest BCUT2D eigenvalue weighted by molar-refractivity contribution is 0.302. The molecule has 0 aromatic heterocycles. The van der Waals surface area contributed by atoms with E-state index >= 15 is 0 Å². The third kappa shape index (κ3) is 3.03. The van der Waals surface area contributed by atoms with Crippen molar-refractivity contribution in [2.45, 2.75) is 30.2 Å². The van der Waals surface area contributed by atoms with Gasteiger partial charge in [-0.2, -0.15) is 0 Å². The van der Waals surface area contributed by atoms with Gasteiger partial charge in [-0.1, -0.05) is 37.3 Å². The Morgan fingerprint density at radius 3 is 3.06 bits per heavy atom. The second-order valence-corrected chi connectivity index (χ2v) is 5.47. The van der Waals surface area contributed by atoms with Gasteiger partial charge in [0.15, 0.2) is 0 Å². The van der Waals surface area contributed by atoms with Crippen molar-refractivity contribution in [1.82, 2.24) is 0 Å². The van der Waals surface area contributed by atoms with Gasteiger partial charge in [-0.15, -0.1) is 11.8 Å². The maximum Gasteiger partial charge on any atom is 0.0878 e. The summed E-state index contributed by atoms with van der Waals surface area (Å²) in [5.41, 5.74) is 1.08. The van der Waals surface area contributed by atoms with Gasteiger partial charge in [-0.05, 0) is 18.9 Å². The lowest BCUT2D eigenvalue weighted by Gasteiger charge is -2.23. The van der Waals surface area contributed by atoms with Crippen LogP contribution in [0.1, 0.15) is 25.3 Å². The van der Waals surface area contributed by atoms with Crippen LogP contribution in [0.15, 0.2) is 46.3 Å². The molecule has 0 fully saturated rings. The Kier molecular flexibility index (Phi) is 4.61. The number of hydrogen-bond donors (Lipinski definition) is 1. The molecule has 1 aliphatic heterocycles. The van der Waals surface area contributed by atoms with Gasteiger partial charge in [-0.3, -0.25) is 4.99 Å². The summed E-state index contributed by atoms with van der Waals surface area (Å²) < 4.78 is 0. The molecule has 0 bridgehead atoms. The molecule has 96 valence electrons. The Morgan fingerprint density at radius 1 is 1.44 bits per heavy atom. The number of aliphatic imine (C=N–C) groups is 1. The van der Waals surface area contributed by atoms with E-state index in [1.807, 2.05) is 30.1 Å². The first kappa shape index (κ1) is 13.4. The number of hydrogen-bond acceptors (Lipinski definition) is 3. The molecule has 1 aromatic rings. The van der Waals surface area contributed by atoms with Gasteiger partial charge in [0, 0.05) is 29.0 Å². The van der Waals surface area contributed by atoms with Crippen molar-refractivity contribution in [2.24, 2.45) is 4.99 Å². The maximum atomic E-state index is 8.86. The highest BCUT2D eigenvalue weighted by atomic mass is 32.2. The van der Waals surface area contributed by atoms with Gasteiger partial charge in [0.05, 0.1) is 5.54 Å². The minimum Gasteiger partial charge on any atom is -0.396 e. The molecule has 0 radical (unpaired) electrons. The third-order valence-electron chi connectivity index (χ3n) is 3.19. The highest BCUT2D eigenvalue weighted by molar-refractivity contribution is 7.99. The highest BCUT2D eigenvalue weighted by Gasteiger charge is 2.25. The maximum absolute atomic E-state index is 8.86. The second-order valence-electron chi connectivity index (χ2n) is 4.46. The standard InChI is InChI=1S/C15H19NOS/c1-2-15(9-5-6-10-17)12-18-14-8-4-3-7-13(14)11-16-15/h3-5,7-9,11,17H,2,6,10,12H2,1H3. The molecule has 1 heterocycles. The van der Waals surface area contributed by atoms with Crippen LogP contribution in [-0.2, 0) is 0 Å². The molecule has 1 aliphatic rings. The Balaban J connectivity index is 2.22. The molecule has 1 aromatic carbocycles. The molecule has 1 atom stereocenters. The molecule has 1 unspecified atom stereocenters. The predicted octanol–water partition coefficient (Wildman–Crippen LogP) is 3.30. The zero-order valence-electron chi connectivity index (χ0n) is 10.7. The Labute approximate surface area is 113 Å². The predicted molar refractivity (Wildman–Crippen MR) is 78.6 cm³/mol. The van der Waals surface area contributed by atoms with Crippen LogP contribution in [0.3, 0.4) is 0 Å². The molecule has 2 rings (SSSR count). The summed E-state index contributed by atoms with van der Waals surface area (Å²) in [5.74, 6) is 0.957. The van der Waals surface area contributed by atoms with E-state index in [0.717, 1.165) is 12.2 Å². The van der Waals surface area contributed by atoms with Gasteiger partial charge in [0.1, 0.15) is 0 Å². The molecular weight excluding hydrogens is 242 g/mol. The minimum absolute atomic E-state index is 0.126. The van der Waals surface area contributed by atoms with Gasteiger partial charge in [0.25, 0.3) is 0 Å². The summed E-state index contributed by atoms with van der Waals surface area (Å²) in [7, 11) is 0. The number of aliphatic hydroxyl groups excluding tert-OH is 1. The summed E-state index contributed by atoms with van der Waals surface area (Å²) in [6, 6.07) is 8.37. The zero-order chi connectivity index (χ0) is 12.8. The molecule has 0 amide bonds. The van der Waals surface area contributed by atoms with E-state index in [1.54, 1.807) is 0 Å². The van der Waals surface area contributed by atoms with E-state index in [1.165, 1.54) is 10.5 Å². The van der Waals surface area contributed by atoms with Crippen LogP contribution >= 0.6 is 11.8 Å². The average Bonchev–Trinajstić information content (AvgIpc) is 2.60. The largest absolute Gasteiger partial charge is 0.396 e. The van der Waals surface area contributed by atoms with Gasteiger partial charge >= 0.3 is 0 Å². The van der Waals surface area contributed by atoms with Crippen molar-refractivity contribution in [1.29, 1.82) is 0 Å². The molecule has 18 heavy (non-hydrogen) atoms. The fraction of sp³-hybridized carbons (Fsp3) is 0.400. The summed E-state index contributed by atoms with van der Waals surface area (Å²) in [4.78, 5) is 6.07. The van der Waals surface area contributed by atoms with E-state index in [9.17, 15) is 0 Å². The molecule has 3 heteroatoms. The van der Waals surface area contributed by atoms with Gasteiger partial charge in [-0.25, -0.2) is 0 Å². The van der Waals surface area contributed by atoms with Gasteiger partial charge < -0.3 is 5.11 Å². The fourth-order valence-electron chi connectivity index (χ4n) is 1.94. The van der Waals surface area contributed by atoms with E-state index in [-0.39, 0.29) is 12.1 Å². The minimum atomic E-state index is -0.126. The lowest BCUT2D eigenvalue weighted by atomic mass is 9.98. The van der Waals surface area contributed by atoms with Crippen LogP contribution in [0.4, 0.5) is 0 Å². The van der Waals surface area contributed by atoms with Crippen LogP contribution in [-0.4, -0.2) is 29.2 Å². The lowest BCUT2D eigenvalue weighted by Crippen LogP contribution is -2.25. The third-order valence-corrected chi connectivity index (χ3v) is 4.52. The number of rotatable bonds is 4. The van der Waals surface area contributed by atoms with Crippen molar-refractivity contribution in [3.63, 3.8) is 0 Å². The van der Waals surface area contributed by atoms with E-state index in [4.69, 9.17) is 10.1 Å². The highest BCUT2D eigenvalue weighted by Crippen LogP contribution is 2.33. The van der Waals surface area contributed by atoms with Crippen molar-refractivity contribution < 1.29 is 5.11 Å². The second kappa shape index (κ2) is 6.21. The smallest absolute Gasteiger partial charge is 0.0878 e. The molecule has 0 spiro atoms. The average molecular weight is 261 g/mol. The van der Waals surface area contributed by atoms with Crippen molar-refractivity contribution >= 4 is 18.0 Å². The van der Waals surface area contributed by atoms with E-state index in [2.05, 4.69) is 31.2 Å². The monoisotopic (exact) mass is 261 g/mol. The van der Waals surface area contributed by atoms with E-state index in [0.29, 0.717) is 6.42 Å². The molecular formula is C15H19NOS. The van der Waals surface area contributed by atoms with Gasteiger partial charge in [0.2, 0.25) is 0 Å². The Hall–Kier alpha value is -1.06. The normalized spacial score (nSPS) is 23.0. The van der Waals surface area contributed by atoms with Crippen LogP contribution in [0, 0.1) is 0 Å². The number of fused-ring (bicyclic) bond motifs is 1. The quantitative estimate of drug-likeness (QED) is 0.843. The first-order chi connectivity index (χ1) is 8.79. The Bertz CT molecular complexity index is 456. The van der Waals surface area contributed by atoms with Crippen molar-refractivity contribution in [3.05, 3.63) is 42.0 Å². The number of nitrogens with zero attached hydrogens (tertiary/aromatic N) is 1. The summed E-state index contributed by atoms with van der Waals surface area (Å²) >= 11 is 1.86. The van der Waals surface area contributed by atoms with Crippen LogP contribution in [0.5, 0.6) is 0 Å².